The number of hydrogen-bond donors (Lipinski definition) is 1. The molecule has 106 valence electrons. The lowest BCUT2D eigenvalue weighted by molar-refractivity contribution is -0.139. The summed E-state index contributed by atoms with van der Waals surface area (Å²) < 4.78 is 4.49. The Hall–Kier alpha value is -2.21. The van der Waals surface area contributed by atoms with Crippen molar-refractivity contribution in [1.82, 2.24) is 10.2 Å². The van der Waals surface area contributed by atoms with Gasteiger partial charge in [0.15, 0.2) is 0 Å². The van der Waals surface area contributed by atoms with E-state index in [1.165, 1.54) is 12.0 Å². The van der Waals surface area contributed by atoms with Gasteiger partial charge in [-0.2, -0.15) is 0 Å². The Bertz CT molecular complexity index is 507. The van der Waals surface area contributed by atoms with Crippen molar-refractivity contribution >= 4 is 17.8 Å². The molecule has 0 atom stereocenters. The fourth-order valence-electron chi connectivity index (χ4n) is 2.07. The summed E-state index contributed by atoms with van der Waals surface area (Å²) in [4.78, 5) is 36.2. The molecule has 0 saturated heterocycles. The Morgan fingerprint density at radius 1 is 1.20 bits per heavy atom. The molecule has 0 fully saturated rings. The number of carbonyl (C=O) groups excluding carboxylic acids is 3. The highest BCUT2D eigenvalue weighted by Gasteiger charge is 2.34. The van der Waals surface area contributed by atoms with Crippen LogP contribution in [0.5, 0.6) is 0 Å². The van der Waals surface area contributed by atoms with Crippen LogP contribution in [0.4, 0.5) is 0 Å². The molecule has 0 saturated carbocycles. The van der Waals surface area contributed by atoms with Crippen molar-refractivity contribution in [1.29, 1.82) is 0 Å². The van der Waals surface area contributed by atoms with Crippen molar-refractivity contribution in [2.75, 3.05) is 26.7 Å². The van der Waals surface area contributed by atoms with Gasteiger partial charge in [-0.15, -0.1) is 0 Å². The molecular weight excluding hydrogens is 260 g/mol. The summed E-state index contributed by atoms with van der Waals surface area (Å²) in [5.41, 5.74) is 0.917. The second kappa shape index (κ2) is 6.29. The maximum atomic E-state index is 12.0. The summed E-state index contributed by atoms with van der Waals surface area (Å²) in [6.45, 7) is 0.988. The van der Waals surface area contributed by atoms with E-state index in [-0.39, 0.29) is 24.3 Å². The predicted octanol–water partition coefficient (Wildman–Crippen LogP) is 0.435. The number of methoxy groups -OCH3 is 1. The Labute approximate surface area is 116 Å². The number of ether oxygens (including phenoxy) is 1. The van der Waals surface area contributed by atoms with E-state index in [2.05, 4.69) is 10.1 Å². The summed E-state index contributed by atoms with van der Waals surface area (Å²) in [5.74, 6) is -0.845. The standard InChI is InChI=1S/C14H16N2O4/c1-20-12(17)9-15-7-4-8-16-13(18)10-5-2-3-6-11(10)14(16)19/h2-3,5-6,15H,4,7-9H2,1H3. The summed E-state index contributed by atoms with van der Waals surface area (Å²) in [5, 5.41) is 2.89. The molecular formula is C14H16N2O4. The second-order valence-electron chi connectivity index (χ2n) is 4.41. The number of hydrogen-bond acceptors (Lipinski definition) is 5. The lowest BCUT2D eigenvalue weighted by Gasteiger charge is -2.13. The van der Waals surface area contributed by atoms with Gasteiger partial charge in [-0.05, 0) is 25.1 Å². The first-order valence-electron chi connectivity index (χ1n) is 6.38. The van der Waals surface area contributed by atoms with Gasteiger partial charge in [0.1, 0.15) is 0 Å². The molecule has 0 spiro atoms. The third-order valence-corrected chi connectivity index (χ3v) is 3.11. The van der Waals surface area contributed by atoms with Crippen LogP contribution in [0.15, 0.2) is 24.3 Å². The van der Waals surface area contributed by atoms with Crippen molar-refractivity contribution in [3.05, 3.63) is 35.4 Å². The van der Waals surface area contributed by atoms with Crippen LogP contribution in [0, 0.1) is 0 Å². The van der Waals surface area contributed by atoms with Crippen molar-refractivity contribution in [2.24, 2.45) is 0 Å². The number of imide groups is 1. The second-order valence-corrected chi connectivity index (χ2v) is 4.41. The van der Waals surface area contributed by atoms with Crippen molar-refractivity contribution in [3.63, 3.8) is 0 Å². The number of nitrogens with one attached hydrogen (secondary N) is 1. The minimum absolute atomic E-state index is 0.124. The summed E-state index contributed by atoms with van der Waals surface area (Å²) >= 11 is 0. The molecule has 0 bridgehead atoms. The molecule has 2 rings (SSSR count). The predicted molar refractivity (Wildman–Crippen MR) is 71.3 cm³/mol. The van der Waals surface area contributed by atoms with E-state index in [1.807, 2.05) is 0 Å². The first-order valence-corrected chi connectivity index (χ1v) is 6.38. The van der Waals surface area contributed by atoms with Crippen molar-refractivity contribution in [2.45, 2.75) is 6.42 Å². The molecule has 0 radical (unpaired) electrons. The summed E-state index contributed by atoms with van der Waals surface area (Å²) in [6.07, 6.45) is 0.586. The highest BCUT2D eigenvalue weighted by Crippen LogP contribution is 2.22. The Balaban J connectivity index is 1.82. The minimum atomic E-state index is -0.342. The van der Waals surface area contributed by atoms with Crippen LogP contribution in [0.2, 0.25) is 0 Å². The normalized spacial score (nSPS) is 13.6. The van der Waals surface area contributed by atoms with E-state index in [4.69, 9.17) is 0 Å². The third kappa shape index (κ3) is 2.85. The van der Waals surface area contributed by atoms with Gasteiger partial charge in [-0.1, -0.05) is 12.1 Å². The number of carbonyl (C=O) groups is 3. The molecule has 1 aliphatic rings. The van der Waals surface area contributed by atoms with Crippen molar-refractivity contribution < 1.29 is 19.1 Å². The summed E-state index contributed by atoms with van der Waals surface area (Å²) in [7, 11) is 1.32. The SMILES string of the molecule is COC(=O)CNCCCN1C(=O)c2ccccc2C1=O. The first kappa shape index (κ1) is 14.2. The van der Waals surface area contributed by atoms with Gasteiger partial charge in [-0.3, -0.25) is 19.3 Å². The average Bonchev–Trinajstić information content (AvgIpc) is 2.71. The number of rotatable bonds is 6. The molecule has 0 unspecified atom stereocenters. The number of esters is 1. The van der Waals surface area contributed by atoms with Gasteiger partial charge in [0.2, 0.25) is 0 Å². The first-order chi connectivity index (χ1) is 9.65. The lowest BCUT2D eigenvalue weighted by Crippen LogP contribution is -2.33. The zero-order chi connectivity index (χ0) is 14.5. The fraction of sp³-hybridized carbons (Fsp3) is 0.357. The minimum Gasteiger partial charge on any atom is -0.468 e. The smallest absolute Gasteiger partial charge is 0.319 e. The maximum absolute atomic E-state index is 12.0. The average molecular weight is 276 g/mol. The molecule has 2 amide bonds. The van der Waals surface area contributed by atoms with Crippen LogP contribution in [-0.2, 0) is 9.53 Å². The van der Waals surface area contributed by atoms with Gasteiger partial charge < -0.3 is 10.1 Å². The topological polar surface area (TPSA) is 75.7 Å². The molecule has 1 N–H and O–H groups in total. The zero-order valence-electron chi connectivity index (χ0n) is 11.2. The number of amides is 2. The zero-order valence-corrected chi connectivity index (χ0v) is 11.2. The molecule has 1 heterocycles. The Morgan fingerprint density at radius 3 is 2.35 bits per heavy atom. The largest absolute Gasteiger partial charge is 0.468 e. The van der Waals surface area contributed by atoms with Gasteiger partial charge in [0.05, 0.1) is 24.8 Å². The van der Waals surface area contributed by atoms with Crippen molar-refractivity contribution in [3.8, 4) is 0 Å². The monoisotopic (exact) mass is 276 g/mol. The van der Waals surface area contributed by atoms with E-state index >= 15 is 0 Å². The van der Waals surface area contributed by atoms with Gasteiger partial charge in [0, 0.05) is 6.54 Å². The quantitative estimate of drug-likeness (QED) is 0.463. The van der Waals surface area contributed by atoms with E-state index in [0.717, 1.165) is 0 Å². The van der Waals surface area contributed by atoms with Crippen LogP contribution in [0.25, 0.3) is 0 Å². The molecule has 1 aliphatic heterocycles. The Morgan fingerprint density at radius 2 is 1.80 bits per heavy atom. The van der Waals surface area contributed by atoms with E-state index in [9.17, 15) is 14.4 Å². The molecule has 0 aromatic heterocycles. The highest BCUT2D eigenvalue weighted by molar-refractivity contribution is 6.21. The highest BCUT2D eigenvalue weighted by atomic mass is 16.5. The van der Waals surface area contributed by atoms with E-state index < -0.39 is 0 Å². The third-order valence-electron chi connectivity index (χ3n) is 3.11. The molecule has 6 heteroatoms. The molecule has 6 nitrogen and oxygen atoms in total. The number of fused-ring (bicyclic) bond motifs is 1. The van der Waals surface area contributed by atoms with Crippen LogP contribution in [-0.4, -0.2) is 49.4 Å². The maximum Gasteiger partial charge on any atom is 0.319 e. The Kier molecular flexibility index (Phi) is 4.47. The number of nitrogens with zero attached hydrogens (tertiary/aromatic N) is 1. The fourth-order valence-corrected chi connectivity index (χ4v) is 2.07. The van der Waals surface area contributed by atoms with Gasteiger partial charge in [0.25, 0.3) is 11.8 Å². The van der Waals surface area contributed by atoms with Crippen LogP contribution in [0.1, 0.15) is 27.1 Å². The molecule has 0 aliphatic carbocycles. The van der Waals surface area contributed by atoms with Crippen LogP contribution >= 0.6 is 0 Å². The number of benzene rings is 1. The molecule has 20 heavy (non-hydrogen) atoms. The van der Waals surface area contributed by atoms with Gasteiger partial charge >= 0.3 is 5.97 Å². The lowest BCUT2D eigenvalue weighted by atomic mass is 10.1. The van der Waals surface area contributed by atoms with Crippen LogP contribution in [0.3, 0.4) is 0 Å². The van der Waals surface area contributed by atoms with E-state index in [0.29, 0.717) is 30.6 Å². The molecule has 1 aromatic rings. The molecule has 1 aromatic carbocycles. The van der Waals surface area contributed by atoms with Crippen LogP contribution < -0.4 is 5.32 Å². The van der Waals surface area contributed by atoms with E-state index in [1.54, 1.807) is 24.3 Å². The summed E-state index contributed by atoms with van der Waals surface area (Å²) in [6, 6.07) is 6.80. The van der Waals surface area contributed by atoms with Gasteiger partial charge in [-0.25, -0.2) is 0 Å².